The number of hydrogen-bond donors (Lipinski definition) is 1. The molecule has 1 aliphatic heterocycles. The lowest BCUT2D eigenvalue weighted by Crippen LogP contribution is -2.50. The molecule has 0 aliphatic carbocycles. The van der Waals surface area contributed by atoms with Crippen LogP contribution in [0.3, 0.4) is 0 Å². The molecular formula is C16H23N3S. The zero-order valence-electron chi connectivity index (χ0n) is 12.4. The number of rotatable bonds is 4. The van der Waals surface area contributed by atoms with Crippen molar-refractivity contribution in [2.24, 2.45) is 0 Å². The number of nitrogens with one attached hydrogen (secondary N) is 1. The predicted molar refractivity (Wildman–Crippen MR) is 86.3 cm³/mol. The van der Waals surface area contributed by atoms with Gasteiger partial charge in [-0.2, -0.15) is 0 Å². The third-order valence-corrected chi connectivity index (χ3v) is 4.97. The zero-order valence-corrected chi connectivity index (χ0v) is 13.2. The summed E-state index contributed by atoms with van der Waals surface area (Å²) in [6.45, 7) is 8.83. The number of nitrogens with zero attached hydrogens (tertiary/aromatic N) is 2. The first-order valence-electron chi connectivity index (χ1n) is 7.57. The van der Waals surface area contributed by atoms with E-state index in [0.29, 0.717) is 6.04 Å². The summed E-state index contributed by atoms with van der Waals surface area (Å²) in [5.74, 6) is 0. The Bertz CT molecular complexity index is 576. The Labute approximate surface area is 125 Å². The summed E-state index contributed by atoms with van der Waals surface area (Å²) in [7, 11) is 0. The van der Waals surface area contributed by atoms with Gasteiger partial charge in [0.1, 0.15) is 0 Å². The van der Waals surface area contributed by atoms with Crippen molar-refractivity contribution in [1.82, 2.24) is 15.2 Å². The maximum Gasteiger partial charge on any atom is 0.0907 e. The summed E-state index contributed by atoms with van der Waals surface area (Å²) >= 11 is 1.80. The molecule has 0 amide bonds. The van der Waals surface area contributed by atoms with Crippen LogP contribution < -0.4 is 5.32 Å². The molecule has 0 radical (unpaired) electrons. The van der Waals surface area contributed by atoms with Gasteiger partial charge in [-0.3, -0.25) is 4.90 Å². The van der Waals surface area contributed by atoms with Gasteiger partial charge in [-0.25, -0.2) is 4.98 Å². The lowest BCUT2D eigenvalue weighted by atomic mass is 10.1. The number of piperazine rings is 1. The maximum atomic E-state index is 4.54. The molecule has 2 heterocycles. The van der Waals surface area contributed by atoms with Crippen LogP contribution >= 0.6 is 11.3 Å². The van der Waals surface area contributed by atoms with Gasteiger partial charge in [0.15, 0.2) is 0 Å². The van der Waals surface area contributed by atoms with Crippen LogP contribution in [0.1, 0.15) is 30.3 Å². The molecule has 2 aromatic rings. The average Bonchev–Trinajstić information content (AvgIpc) is 2.81. The van der Waals surface area contributed by atoms with Gasteiger partial charge >= 0.3 is 0 Å². The van der Waals surface area contributed by atoms with Gasteiger partial charge < -0.3 is 5.32 Å². The number of aryl methyl sites for hydroxylation is 1. The summed E-state index contributed by atoms with van der Waals surface area (Å²) in [6, 6.07) is 7.43. The second kappa shape index (κ2) is 6.20. The van der Waals surface area contributed by atoms with Gasteiger partial charge in [0.05, 0.1) is 15.2 Å². The van der Waals surface area contributed by atoms with Gasteiger partial charge in [0, 0.05) is 32.2 Å². The molecule has 1 aromatic carbocycles. The van der Waals surface area contributed by atoms with E-state index < -0.39 is 0 Å². The molecule has 108 valence electrons. The third-order valence-electron chi connectivity index (χ3n) is 4.04. The Morgan fingerprint density at radius 1 is 1.45 bits per heavy atom. The van der Waals surface area contributed by atoms with Gasteiger partial charge in [0.2, 0.25) is 0 Å². The van der Waals surface area contributed by atoms with E-state index in [1.54, 1.807) is 11.3 Å². The molecule has 0 saturated carbocycles. The molecule has 1 fully saturated rings. The molecule has 1 aliphatic rings. The van der Waals surface area contributed by atoms with Gasteiger partial charge in [0.25, 0.3) is 0 Å². The summed E-state index contributed by atoms with van der Waals surface area (Å²) in [6.07, 6.45) is 2.55. The smallest absolute Gasteiger partial charge is 0.0907 e. The fourth-order valence-electron chi connectivity index (χ4n) is 3.05. The van der Waals surface area contributed by atoms with Crippen LogP contribution in [0.2, 0.25) is 0 Å². The van der Waals surface area contributed by atoms with Crippen molar-refractivity contribution >= 4 is 21.6 Å². The van der Waals surface area contributed by atoms with Crippen LogP contribution in [0.25, 0.3) is 10.2 Å². The second-order valence-electron chi connectivity index (χ2n) is 5.65. The Morgan fingerprint density at radius 2 is 2.35 bits per heavy atom. The number of aromatic nitrogens is 1. The lowest BCUT2D eigenvalue weighted by Gasteiger charge is -2.36. The largest absolute Gasteiger partial charge is 0.314 e. The Hall–Kier alpha value is -0.970. The number of thiazole rings is 1. The zero-order chi connectivity index (χ0) is 13.9. The van der Waals surface area contributed by atoms with E-state index in [-0.39, 0.29) is 0 Å². The standard InChI is InChI=1S/C16H23N3S/c1-3-4-14-10-17-7-8-19(14)11-13-5-6-15-16(9-13)20-12(2)18-15/h5-6,9,14,17H,3-4,7-8,10-11H2,1-2H3. The van der Waals surface area contributed by atoms with Crippen molar-refractivity contribution in [2.45, 2.75) is 39.3 Å². The lowest BCUT2D eigenvalue weighted by molar-refractivity contribution is 0.144. The molecule has 1 unspecified atom stereocenters. The molecule has 3 rings (SSSR count). The average molecular weight is 289 g/mol. The highest BCUT2D eigenvalue weighted by Gasteiger charge is 2.21. The van der Waals surface area contributed by atoms with Crippen molar-refractivity contribution in [3.05, 3.63) is 28.8 Å². The minimum Gasteiger partial charge on any atom is -0.314 e. The van der Waals surface area contributed by atoms with E-state index in [4.69, 9.17) is 0 Å². The summed E-state index contributed by atoms with van der Waals surface area (Å²) in [5.41, 5.74) is 2.56. The van der Waals surface area contributed by atoms with Gasteiger partial charge in [-0.05, 0) is 31.0 Å². The van der Waals surface area contributed by atoms with Crippen LogP contribution in [0.5, 0.6) is 0 Å². The minimum atomic E-state index is 0.688. The van der Waals surface area contributed by atoms with Crippen LogP contribution in [0.4, 0.5) is 0 Å². The summed E-state index contributed by atoms with van der Waals surface area (Å²) in [4.78, 5) is 7.17. The quantitative estimate of drug-likeness (QED) is 0.937. The Kier molecular flexibility index (Phi) is 4.34. The predicted octanol–water partition coefficient (Wildman–Crippen LogP) is 3.18. The minimum absolute atomic E-state index is 0.688. The van der Waals surface area contributed by atoms with Gasteiger partial charge in [-0.15, -0.1) is 11.3 Å². The van der Waals surface area contributed by atoms with E-state index in [2.05, 4.69) is 47.2 Å². The molecule has 1 N–H and O–H groups in total. The first-order valence-corrected chi connectivity index (χ1v) is 8.38. The molecule has 1 saturated heterocycles. The van der Waals surface area contributed by atoms with E-state index in [9.17, 15) is 0 Å². The van der Waals surface area contributed by atoms with Crippen LogP contribution in [0, 0.1) is 6.92 Å². The molecule has 4 heteroatoms. The first kappa shape index (κ1) is 14.0. The number of hydrogen-bond acceptors (Lipinski definition) is 4. The van der Waals surface area contributed by atoms with Crippen LogP contribution in [0.15, 0.2) is 18.2 Å². The fraction of sp³-hybridized carbons (Fsp3) is 0.562. The SMILES string of the molecule is CCCC1CNCCN1Cc1ccc2nc(C)sc2c1. The Morgan fingerprint density at radius 3 is 3.20 bits per heavy atom. The summed E-state index contributed by atoms with van der Waals surface area (Å²) in [5, 5.41) is 4.67. The van der Waals surface area contributed by atoms with E-state index in [0.717, 1.165) is 36.7 Å². The van der Waals surface area contributed by atoms with Crippen molar-refractivity contribution in [3.8, 4) is 0 Å². The number of benzene rings is 1. The highest BCUT2D eigenvalue weighted by molar-refractivity contribution is 7.18. The molecule has 1 aromatic heterocycles. The van der Waals surface area contributed by atoms with Gasteiger partial charge in [-0.1, -0.05) is 19.4 Å². The first-order chi connectivity index (χ1) is 9.76. The highest BCUT2D eigenvalue weighted by Crippen LogP contribution is 2.24. The highest BCUT2D eigenvalue weighted by atomic mass is 32.1. The molecule has 0 spiro atoms. The van der Waals surface area contributed by atoms with Crippen LogP contribution in [-0.2, 0) is 6.54 Å². The van der Waals surface area contributed by atoms with Crippen LogP contribution in [-0.4, -0.2) is 35.6 Å². The second-order valence-corrected chi connectivity index (χ2v) is 6.89. The van der Waals surface area contributed by atoms with Crippen molar-refractivity contribution in [1.29, 1.82) is 0 Å². The molecule has 3 nitrogen and oxygen atoms in total. The van der Waals surface area contributed by atoms with Crippen molar-refractivity contribution in [2.75, 3.05) is 19.6 Å². The van der Waals surface area contributed by atoms with E-state index in [1.165, 1.54) is 23.1 Å². The van der Waals surface area contributed by atoms with Crippen molar-refractivity contribution < 1.29 is 0 Å². The molecule has 0 bridgehead atoms. The van der Waals surface area contributed by atoms with E-state index >= 15 is 0 Å². The normalized spacial score (nSPS) is 20.6. The Balaban J connectivity index is 1.76. The maximum absolute atomic E-state index is 4.54. The number of fused-ring (bicyclic) bond motifs is 1. The molecule has 1 atom stereocenters. The topological polar surface area (TPSA) is 28.2 Å². The molecule has 20 heavy (non-hydrogen) atoms. The van der Waals surface area contributed by atoms with Crippen molar-refractivity contribution in [3.63, 3.8) is 0 Å². The third kappa shape index (κ3) is 3.03. The molecular weight excluding hydrogens is 266 g/mol. The monoisotopic (exact) mass is 289 g/mol. The van der Waals surface area contributed by atoms with E-state index in [1.807, 2.05) is 0 Å². The summed E-state index contributed by atoms with van der Waals surface area (Å²) < 4.78 is 1.32. The fourth-order valence-corrected chi connectivity index (χ4v) is 3.94.